The highest BCUT2D eigenvalue weighted by Crippen LogP contribution is 2.60. The van der Waals surface area contributed by atoms with Crippen molar-refractivity contribution in [3.05, 3.63) is 59.8 Å². The lowest BCUT2D eigenvalue weighted by molar-refractivity contribution is -0.194. The van der Waals surface area contributed by atoms with E-state index in [1.807, 2.05) is 22.8 Å². The number of nitrogens with zero attached hydrogens (tertiary/aromatic N) is 2. The number of ether oxygens (including phenoxy) is 1. The van der Waals surface area contributed by atoms with Crippen LogP contribution in [0.4, 0.5) is 0 Å². The van der Waals surface area contributed by atoms with E-state index in [9.17, 15) is 9.90 Å². The van der Waals surface area contributed by atoms with Gasteiger partial charge in [-0.25, -0.2) is 4.79 Å². The molecular formula is C27H32N2O5. The second-order valence-corrected chi connectivity index (χ2v) is 9.73. The van der Waals surface area contributed by atoms with Crippen LogP contribution in [0.25, 0.3) is 10.9 Å². The number of methoxy groups -OCH3 is 1. The van der Waals surface area contributed by atoms with Gasteiger partial charge < -0.3 is 24.6 Å². The van der Waals surface area contributed by atoms with Gasteiger partial charge >= 0.3 is 5.97 Å². The minimum atomic E-state index is -1.63. The maximum atomic E-state index is 12.8. The quantitative estimate of drug-likeness (QED) is 0.391. The second kappa shape index (κ2) is 8.32. The van der Waals surface area contributed by atoms with Gasteiger partial charge in [0.15, 0.2) is 0 Å². The first-order chi connectivity index (χ1) is 16.3. The number of aliphatic hydroxyl groups is 1. The fraction of sp³-hybridized carbons (Fsp3) is 0.444. The average Bonchev–Trinajstić information content (AvgIpc) is 3.21. The lowest BCUT2D eigenvalue weighted by Gasteiger charge is -2.57. The molecule has 3 N–H and O–H groups in total. The molecule has 1 fully saturated rings. The summed E-state index contributed by atoms with van der Waals surface area (Å²) in [5.41, 5.74) is 1.69. The van der Waals surface area contributed by atoms with Gasteiger partial charge in [0.25, 0.3) is 0 Å². The first-order valence-electron chi connectivity index (χ1n) is 12.0. The lowest BCUT2D eigenvalue weighted by atomic mass is 9.62. The van der Waals surface area contributed by atoms with Crippen molar-refractivity contribution < 1.29 is 24.9 Å². The summed E-state index contributed by atoms with van der Waals surface area (Å²) in [6.07, 6.45) is 4.52. The number of benzene rings is 2. The highest BCUT2D eigenvalue weighted by Gasteiger charge is 2.60. The fourth-order valence-electron chi connectivity index (χ4n) is 6.55. The van der Waals surface area contributed by atoms with Crippen LogP contribution in [0.5, 0.6) is 11.5 Å². The first kappa shape index (κ1) is 22.7. The summed E-state index contributed by atoms with van der Waals surface area (Å²) < 4.78 is 7.01. The third kappa shape index (κ3) is 3.29. The second-order valence-electron chi connectivity index (χ2n) is 9.73. The topological polar surface area (TPSA) is 95.2 Å². The number of rotatable bonds is 2. The molecule has 0 unspecified atom stereocenters. The Morgan fingerprint density at radius 3 is 2.41 bits per heavy atom. The van der Waals surface area contributed by atoms with Crippen molar-refractivity contribution >= 4 is 16.9 Å². The summed E-state index contributed by atoms with van der Waals surface area (Å²) in [6.45, 7) is 4.36. The van der Waals surface area contributed by atoms with Crippen LogP contribution in [-0.4, -0.2) is 51.0 Å². The molecule has 0 bridgehead atoms. The summed E-state index contributed by atoms with van der Waals surface area (Å²) in [7, 11) is 1.37. The Morgan fingerprint density at radius 1 is 1.09 bits per heavy atom. The van der Waals surface area contributed by atoms with Crippen LogP contribution in [0.2, 0.25) is 0 Å². The van der Waals surface area contributed by atoms with E-state index in [1.165, 1.54) is 42.3 Å². The highest BCUT2D eigenvalue weighted by atomic mass is 16.5. The van der Waals surface area contributed by atoms with Gasteiger partial charge in [0.1, 0.15) is 11.5 Å². The number of fused-ring (bicyclic) bond motifs is 3. The van der Waals surface area contributed by atoms with Gasteiger partial charge in [0.05, 0.1) is 18.7 Å². The van der Waals surface area contributed by atoms with Crippen molar-refractivity contribution in [1.29, 1.82) is 0 Å². The molecule has 0 radical (unpaired) electrons. The number of carbonyl (C=O) groups excluding carboxylic acids is 1. The summed E-state index contributed by atoms with van der Waals surface area (Å²) in [6, 6.07) is 14.2. The van der Waals surface area contributed by atoms with Gasteiger partial charge in [-0.1, -0.05) is 25.1 Å². The first-order valence-corrected chi connectivity index (χ1v) is 12.0. The Bertz CT molecular complexity index is 1200. The number of para-hydroxylation sites is 1. The number of phenolic OH excluding ortho intramolecular Hbond substituents is 2. The Morgan fingerprint density at radius 2 is 1.76 bits per heavy atom. The highest BCUT2D eigenvalue weighted by molar-refractivity contribution is 5.90. The Balaban J connectivity index is 0.000000257. The van der Waals surface area contributed by atoms with Crippen molar-refractivity contribution in [1.82, 2.24) is 9.47 Å². The zero-order chi connectivity index (χ0) is 24.1. The third-order valence-corrected chi connectivity index (χ3v) is 8.03. The summed E-state index contributed by atoms with van der Waals surface area (Å²) in [5.74, 6) is -0.208. The number of aromatic hydroxyl groups is 2. The molecule has 0 amide bonds. The predicted octanol–water partition coefficient (Wildman–Crippen LogP) is 4.05. The summed E-state index contributed by atoms with van der Waals surface area (Å²) >= 11 is 0. The number of hydrogen-bond donors (Lipinski definition) is 3. The van der Waals surface area contributed by atoms with Gasteiger partial charge in [-0.05, 0) is 73.5 Å². The van der Waals surface area contributed by atoms with Crippen LogP contribution in [0.3, 0.4) is 0 Å². The van der Waals surface area contributed by atoms with E-state index in [1.54, 1.807) is 0 Å². The van der Waals surface area contributed by atoms with Crippen LogP contribution in [0, 0.1) is 5.41 Å². The lowest BCUT2D eigenvalue weighted by Crippen LogP contribution is -2.60. The molecule has 180 valence electrons. The molecule has 6 rings (SSSR count). The van der Waals surface area contributed by atoms with Crippen LogP contribution in [-0.2, 0) is 21.7 Å². The van der Waals surface area contributed by atoms with Gasteiger partial charge in [-0.3, -0.25) is 4.90 Å². The molecule has 1 aromatic heterocycles. The van der Waals surface area contributed by atoms with E-state index in [2.05, 4.69) is 17.9 Å². The summed E-state index contributed by atoms with van der Waals surface area (Å²) in [5, 5.41) is 30.2. The molecule has 7 nitrogen and oxygen atoms in total. The monoisotopic (exact) mass is 464 g/mol. The molecule has 34 heavy (non-hydrogen) atoms. The molecule has 4 heterocycles. The Labute approximate surface area is 199 Å². The zero-order valence-corrected chi connectivity index (χ0v) is 19.7. The van der Waals surface area contributed by atoms with E-state index < -0.39 is 11.7 Å². The normalized spacial score (nSPS) is 27.4. The molecule has 3 aliphatic heterocycles. The molecule has 3 atom stereocenters. The van der Waals surface area contributed by atoms with E-state index in [0.717, 1.165) is 50.0 Å². The zero-order valence-electron chi connectivity index (χ0n) is 19.7. The van der Waals surface area contributed by atoms with Crippen molar-refractivity contribution in [2.45, 2.75) is 50.8 Å². The molecule has 2 aromatic carbocycles. The molecule has 7 heteroatoms. The van der Waals surface area contributed by atoms with E-state index in [0.29, 0.717) is 6.42 Å². The summed E-state index contributed by atoms with van der Waals surface area (Å²) in [4.78, 5) is 15.4. The van der Waals surface area contributed by atoms with Crippen LogP contribution in [0.1, 0.15) is 49.9 Å². The number of esters is 1. The van der Waals surface area contributed by atoms with E-state index in [4.69, 9.17) is 14.9 Å². The number of piperidine rings is 1. The maximum absolute atomic E-state index is 12.8. The molecule has 0 spiro atoms. The SMILES string of the molecule is CC[C@]12CCCN3CCc4c(n(c5ccccc45)[C@@](O)(C(=O)OC)C1)[C@@H]32.Oc1ccc(O)cc1. The number of carbonyl (C=O) groups is 1. The fourth-order valence-corrected chi connectivity index (χ4v) is 6.55. The molecule has 3 aromatic rings. The minimum Gasteiger partial charge on any atom is -0.508 e. The average molecular weight is 465 g/mol. The van der Waals surface area contributed by atoms with E-state index in [-0.39, 0.29) is 23.0 Å². The molecule has 0 saturated carbocycles. The molecule has 1 saturated heterocycles. The number of hydrogen-bond acceptors (Lipinski definition) is 6. The standard InChI is InChI=1S/C21H26N2O3.C6H6O2/c1-3-20-10-6-11-22-12-9-15-14-7-4-5-8-16(14)23(17(15)18(20)22)21(25,13-20)19(24)26-2;7-5-1-2-6(8)4-3-5/h4-5,7-8,18,25H,3,6,9-13H2,1-2H3;1-4,7-8H/t18-,20+,21+;/m1./s1. The van der Waals surface area contributed by atoms with Gasteiger partial charge in [0, 0.05) is 24.0 Å². The van der Waals surface area contributed by atoms with Crippen molar-refractivity contribution in [3.63, 3.8) is 0 Å². The van der Waals surface area contributed by atoms with Gasteiger partial charge in [-0.2, -0.15) is 0 Å². The number of aromatic nitrogens is 1. The Hall–Kier alpha value is -3.03. The largest absolute Gasteiger partial charge is 0.508 e. The minimum absolute atomic E-state index is 0.0826. The van der Waals surface area contributed by atoms with Crippen LogP contribution in [0.15, 0.2) is 48.5 Å². The number of phenols is 2. The smallest absolute Gasteiger partial charge is 0.359 e. The third-order valence-electron chi connectivity index (χ3n) is 8.03. The van der Waals surface area contributed by atoms with Crippen molar-refractivity contribution in [3.8, 4) is 11.5 Å². The van der Waals surface area contributed by atoms with Gasteiger partial charge in [-0.15, -0.1) is 0 Å². The van der Waals surface area contributed by atoms with Gasteiger partial charge in [0.2, 0.25) is 5.72 Å². The van der Waals surface area contributed by atoms with E-state index >= 15 is 0 Å². The molecule has 0 aliphatic carbocycles. The molecule has 3 aliphatic rings. The predicted molar refractivity (Wildman–Crippen MR) is 129 cm³/mol. The van der Waals surface area contributed by atoms with Crippen molar-refractivity contribution in [2.24, 2.45) is 5.41 Å². The maximum Gasteiger partial charge on any atom is 0.359 e. The molecular weight excluding hydrogens is 432 g/mol. The Kier molecular flexibility index (Phi) is 5.57. The van der Waals surface area contributed by atoms with Crippen molar-refractivity contribution in [2.75, 3.05) is 20.2 Å². The van der Waals surface area contributed by atoms with Crippen LogP contribution < -0.4 is 0 Å². The van der Waals surface area contributed by atoms with Crippen LogP contribution >= 0.6 is 0 Å².